The zero-order valence-corrected chi connectivity index (χ0v) is 12.4. The third-order valence-corrected chi connectivity index (χ3v) is 4.94. The highest BCUT2D eigenvalue weighted by Crippen LogP contribution is 2.40. The second-order valence-electron chi connectivity index (χ2n) is 5.22. The Morgan fingerprint density at radius 2 is 1.91 bits per heavy atom. The minimum atomic E-state index is -0.946. The first-order valence-electron chi connectivity index (χ1n) is 6.74. The van der Waals surface area contributed by atoms with E-state index in [4.69, 9.17) is 4.42 Å². The summed E-state index contributed by atoms with van der Waals surface area (Å²) in [5.41, 5.74) is 1.43. The number of rotatable bonds is 0. The van der Waals surface area contributed by atoms with Crippen LogP contribution < -0.4 is 0 Å². The Labute approximate surface area is 129 Å². The SMILES string of the molecule is Cc1cc2ccc3c(c2o1)SCc1c(ccc(F)c1F)C3=O. The van der Waals surface area contributed by atoms with Gasteiger partial charge in [0.05, 0.1) is 4.90 Å². The lowest BCUT2D eigenvalue weighted by Crippen LogP contribution is -2.06. The normalized spacial score (nSPS) is 13.9. The van der Waals surface area contributed by atoms with E-state index in [1.165, 1.54) is 17.8 Å². The number of aryl methyl sites for hydroxylation is 1. The highest BCUT2D eigenvalue weighted by Gasteiger charge is 2.27. The largest absolute Gasteiger partial charge is 0.460 e. The molecule has 4 rings (SSSR count). The summed E-state index contributed by atoms with van der Waals surface area (Å²) in [7, 11) is 0. The minimum Gasteiger partial charge on any atom is -0.460 e. The first-order chi connectivity index (χ1) is 10.6. The zero-order chi connectivity index (χ0) is 15.4. The molecule has 110 valence electrons. The van der Waals surface area contributed by atoms with Crippen molar-refractivity contribution in [2.75, 3.05) is 0 Å². The number of carbonyl (C=O) groups excluding carboxylic acids is 1. The van der Waals surface area contributed by atoms with E-state index in [0.29, 0.717) is 16.0 Å². The second-order valence-corrected chi connectivity index (χ2v) is 6.21. The Morgan fingerprint density at radius 1 is 1.14 bits per heavy atom. The van der Waals surface area contributed by atoms with Crippen molar-refractivity contribution in [2.45, 2.75) is 17.6 Å². The smallest absolute Gasteiger partial charge is 0.194 e. The van der Waals surface area contributed by atoms with Crippen LogP contribution in [0.15, 0.2) is 39.6 Å². The molecule has 0 unspecified atom stereocenters. The van der Waals surface area contributed by atoms with Gasteiger partial charge in [0.2, 0.25) is 0 Å². The molecule has 1 aliphatic heterocycles. The monoisotopic (exact) mass is 316 g/mol. The number of halogens is 2. The van der Waals surface area contributed by atoms with Crippen LogP contribution in [0.3, 0.4) is 0 Å². The van der Waals surface area contributed by atoms with Crippen LogP contribution in [0.1, 0.15) is 27.2 Å². The standard InChI is InChI=1S/C17H10F2O2S/c1-8-6-9-2-3-11-15(20)10-4-5-13(18)14(19)12(10)7-22-17(11)16(9)21-8/h2-6H,7H2,1H3. The Morgan fingerprint density at radius 3 is 2.73 bits per heavy atom. The highest BCUT2D eigenvalue weighted by atomic mass is 32.2. The number of carbonyl (C=O) groups is 1. The predicted molar refractivity (Wildman–Crippen MR) is 80.3 cm³/mol. The fourth-order valence-electron chi connectivity index (χ4n) is 2.76. The van der Waals surface area contributed by atoms with Gasteiger partial charge in [0.25, 0.3) is 0 Å². The molecule has 2 aromatic carbocycles. The third kappa shape index (κ3) is 1.82. The van der Waals surface area contributed by atoms with Crippen LogP contribution in [0.25, 0.3) is 11.0 Å². The molecule has 5 heteroatoms. The fourth-order valence-corrected chi connectivity index (χ4v) is 3.94. The van der Waals surface area contributed by atoms with Crippen molar-refractivity contribution in [2.24, 2.45) is 0 Å². The number of fused-ring (bicyclic) bond motifs is 4. The number of benzene rings is 2. The molecule has 1 aliphatic rings. The summed E-state index contributed by atoms with van der Waals surface area (Å²) < 4.78 is 33.1. The van der Waals surface area contributed by atoms with Gasteiger partial charge in [-0.3, -0.25) is 4.79 Å². The topological polar surface area (TPSA) is 30.2 Å². The summed E-state index contributed by atoms with van der Waals surface area (Å²) in [6.45, 7) is 1.83. The van der Waals surface area contributed by atoms with Crippen LogP contribution in [-0.2, 0) is 5.75 Å². The van der Waals surface area contributed by atoms with Crippen LogP contribution in [0, 0.1) is 18.6 Å². The molecule has 2 heterocycles. The molecule has 0 fully saturated rings. The number of hydrogen-bond donors (Lipinski definition) is 0. The molecule has 2 nitrogen and oxygen atoms in total. The van der Waals surface area contributed by atoms with Gasteiger partial charge in [-0.1, -0.05) is 6.07 Å². The molecule has 1 aromatic heterocycles. The van der Waals surface area contributed by atoms with Gasteiger partial charge >= 0.3 is 0 Å². The number of ketones is 1. The van der Waals surface area contributed by atoms with Crippen LogP contribution >= 0.6 is 11.8 Å². The highest BCUT2D eigenvalue weighted by molar-refractivity contribution is 7.98. The first-order valence-corrected chi connectivity index (χ1v) is 7.72. The molecule has 0 atom stereocenters. The molecule has 0 N–H and O–H groups in total. The minimum absolute atomic E-state index is 0.114. The molecular weight excluding hydrogens is 306 g/mol. The van der Waals surface area contributed by atoms with E-state index in [2.05, 4.69) is 0 Å². The van der Waals surface area contributed by atoms with Crippen molar-refractivity contribution in [3.63, 3.8) is 0 Å². The lowest BCUT2D eigenvalue weighted by Gasteiger charge is -2.06. The first kappa shape index (κ1) is 13.5. The van der Waals surface area contributed by atoms with E-state index in [0.717, 1.165) is 17.2 Å². The number of furan rings is 1. The Balaban J connectivity index is 1.99. The predicted octanol–water partition coefficient (Wildman–Crippen LogP) is 4.86. The molecule has 0 bridgehead atoms. The van der Waals surface area contributed by atoms with E-state index in [-0.39, 0.29) is 22.7 Å². The van der Waals surface area contributed by atoms with Gasteiger partial charge in [-0.15, -0.1) is 11.8 Å². The average Bonchev–Trinajstić information content (AvgIpc) is 2.81. The van der Waals surface area contributed by atoms with E-state index in [1.54, 1.807) is 6.07 Å². The third-order valence-electron chi connectivity index (χ3n) is 3.81. The lowest BCUT2D eigenvalue weighted by atomic mass is 9.98. The van der Waals surface area contributed by atoms with Crippen molar-refractivity contribution >= 4 is 28.5 Å². The van der Waals surface area contributed by atoms with E-state index in [1.807, 2.05) is 19.1 Å². The van der Waals surface area contributed by atoms with Gasteiger partial charge in [0.15, 0.2) is 17.4 Å². The molecule has 0 amide bonds. The van der Waals surface area contributed by atoms with Crippen molar-refractivity contribution in [3.8, 4) is 0 Å². The van der Waals surface area contributed by atoms with Crippen LogP contribution in [0.5, 0.6) is 0 Å². The second kappa shape index (κ2) is 4.68. The van der Waals surface area contributed by atoms with Crippen LogP contribution in [0.2, 0.25) is 0 Å². The summed E-state index contributed by atoms with van der Waals surface area (Å²) in [5.74, 6) is -1.24. The number of thioether (sulfide) groups is 1. The summed E-state index contributed by atoms with van der Waals surface area (Å²) in [5, 5.41) is 0.897. The van der Waals surface area contributed by atoms with Crippen molar-refractivity contribution in [1.82, 2.24) is 0 Å². The van der Waals surface area contributed by atoms with Gasteiger partial charge in [-0.05, 0) is 31.2 Å². The zero-order valence-electron chi connectivity index (χ0n) is 11.6. The lowest BCUT2D eigenvalue weighted by molar-refractivity contribution is 0.103. The molecular formula is C17H10F2O2S. The summed E-state index contributed by atoms with van der Waals surface area (Å²) in [6, 6.07) is 7.77. The molecule has 0 aliphatic carbocycles. The van der Waals surface area contributed by atoms with Crippen molar-refractivity contribution in [1.29, 1.82) is 0 Å². The van der Waals surface area contributed by atoms with E-state index in [9.17, 15) is 13.6 Å². The summed E-state index contributed by atoms with van der Waals surface area (Å²) in [4.78, 5) is 13.4. The van der Waals surface area contributed by atoms with Crippen LogP contribution in [0.4, 0.5) is 8.78 Å². The average molecular weight is 316 g/mol. The quantitative estimate of drug-likeness (QED) is 0.593. The van der Waals surface area contributed by atoms with Crippen LogP contribution in [-0.4, -0.2) is 5.78 Å². The molecule has 0 saturated heterocycles. The summed E-state index contributed by atoms with van der Waals surface area (Å²) >= 11 is 1.30. The van der Waals surface area contributed by atoms with E-state index < -0.39 is 11.6 Å². The number of hydrogen-bond acceptors (Lipinski definition) is 3. The maximum atomic E-state index is 14.0. The van der Waals surface area contributed by atoms with Crippen molar-refractivity contribution < 1.29 is 18.0 Å². The van der Waals surface area contributed by atoms with Gasteiger partial charge in [-0.25, -0.2) is 8.78 Å². The molecule has 22 heavy (non-hydrogen) atoms. The molecule has 3 aromatic rings. The Bertz CT molecular complexity index is 943. The van der Waals surface area contributed by atoms with Crippen molar-refractivity contribution in [3.05, 3.63) is 64.4 Å². The van der Waals surface area contributed by atoms with Gasteiger partial charge in [0.1, 0.15) is 11.3 Å². The molecule has 0 spiro atoms. The van der Waals surface area contributed by atoms with E-state index >= 15 is 0 Å². The molecule has 0 saturated carbocycles. The van der Waals surface area contributed by atoms with Gasteiger partial charge in [-0.2, -0.15) is 0 Å². The Kier molecular flexibility index (Phi) is 2.87. The maximum Gasteiger partial charge on any atom is 0.194 e. The summed E-state index contributed by atoms with van der Waals surface area (Å²) in [6.07, 6.45) is 0. The van der Waals surface area contributed by atoms with Gasteiger partial charge < -0.3 is 4.42 Å². The molecule has 0 radical (unpaired) electrons. The Hall–Kier alpha value is -2.14. The maximum absolute atomic E-state index is 14.0. The fraction of sp³-hybridized carbons (Fsp3) is 0.118. The van der Waals surface area contributed by atoms with Gasteiger partial charge in [0, 0.05) is 27.8 Å².